The average Bonchev–Trinajstić information content (AvgIpc) is 2.63. The van der Waals surface area contributed by atoms with E-state index >= 15 is 0 Å². The number of fused-ring (bicyclic) bond motifs is 1. The number of imidazole rings is 1. The summed E-state index contributed by atoms with van der Waals surface area (Å²) >= 11 is 5.26. The molecular formula is C12H16N4OS. The molecule has 0 aliphatic rings. The van der Waals surface area contributed by atoms with Crippen molar-refractivity contribution in [2.45, 2.75) is 32.9 Å². The fraction of sp³-hybridized carbons (Fsp3) is 0.417. The third kappa shape index (κ3) is 2.28. The van der Waals surface area contributed by atoms with Gasteiger partial charge in [0.05, 0.1) is 17.2 Å². The Morgan fingerprint density at radius 3 is 2.89 bits per heavy atom. The van der Waals surface area contributed by atoms with Crippen LogP contribution in [0, 0.1) is 4.77 Å². The number of hydrogen-bond donors (Lipinski definition) is 2. The van der Waals surface area contributed by atoms with E-state index in [1.165, 1.54) is 0 Å². The predicted molar refractivity (Wildman–Crippen MR) is 72.9 cm³/mol. The number of nitrogens with zero attached hydrogens (tertiary/aromatic N) is 2. The van der Waals surface area contributed by atoms with E-state index < -0.39 is 0 Å². The number of carbonyl (C=O) groups is 1. The minimum Gasteiger partial charge on any atom is -0.352 e. The zero-order valence-corrected chi connectivity index (χ0v) is 11.4. The standard InChI is InChI=1S/C12H16N4OS/c1-7(2)14-11(17)8(3)16-10-4-5-13-6-9(10)15-12(16)18/h4-8H,1-3H3,(H,14,17)(H,15,18). The van der Waals surface area contributed by atoms with Crippen LogP contribution in [0.1, 0.15) is 26.8 Å². The molecule has 2 aromatic heterocycles. The van der Waals surface area contributed by atoms with Gasteiger partial charge in [-0.3, -0.25) is 9.78 Å². The first-order chi connectivity index (χ1) is 8.50. The quantitative estimate of drug-likeness (QED) is 0.835. The summed E-state index contributed by atoms with van der Waals surface area (Å²) in [5, 5.41) is 2.89. The molecule has 1 amide bonds. The summed E-state index contributed by atoms with van der Waals surface area (Å²) < 4.78 is 2.34. The zero-order valence-electron chi connectivity index (χ0n) is 10.6. The van der Waals surface area contributed by atoms with E-state index in [9.17, 15) is 4.79 Å². The smallest absolute Gasteiger partial charge is 0.243 e. The largest absolute Gasteiger partial charge is 0.352 e. The molecular weight excluding hydrogens is 248 g/mol. The third-order valence-corrected chi connectivity index (χ3v) is 3.01. The Kier molecular flexibility index (Phi) is 3.47. The fourth-order valence-corrected chi connectivity index (χ4v) is 2.25. The van der Waals surface area contributed by atoms with E-state index in [0.29, 0.717) is 4.77 Å². The van der Waals surface area contributed by atoms with E-state index in [0.717, 1.165) is 11.0 Å². The van der Waals surface area contributed by atoms with Crippen molar-refractivity contribution in [3.63, 3.8) is 0 Å². The molecule has 5 nitrogen and oxygen atoms in total. The summed E-state index contributed by atoms with van der Waals surface area (Å²) in [7, 11) is 0. The van der Waals surface area contributed by atoms with Gasteiger partial charge in [-0.05, 0) is 39.1 Å². The Bertz CT molecular complexity index is 628. The molecule has 2 rings (SSSR count). The number of carbonyl (C=O) groups excluding carboxylic acids is 1. The summed E-state index contributed by atoms with van der Waals surface area (Å²) in [6, 6.07) is 1.61. The van der Waals surface area contributed by atoms with Gasteiger partial charge in [-0.1, -0.05) is 0 Å². The first-order valence-electron chi connectivity index (χ1n) is 5.85. The van der Waals surface area contributed by atoms with Gasteiger partial charge in [0, 0.05) is 12.2 Å². The lowest BCUT2D eigenvalue weighted by Gasteiger charge is -2.16. The minimum absolute atomic E-state index is 0.0428. The molecule has 2 aromatic rings. The summed E-state index contributed by atoms with van der Waals surface area (Å²) in [4.78, 5) is 19.1. The van der Waals surface area contributed by atoms with Gasteiger partial charge in [0.1, 0.15) is 6.04 Å². The molecule has 0 aromatic carbocycles. The van der Waals surface area contributed by atoms with Crippen LogP contribution >= 0.6 is 12.2 Å². The van der Waals surface area contributed by atoms with Crippen molar-refractivity contribution in [2.24, 2.45) is 0 Å². The van der Waals surface area contributed by atoms with Crippen molar-refractivity contribution in [3.8, 4) is 0 Å². The number of nitrogens with one attached hydrogen (secondary N) is 2. The van der Waals surface area contributed by atoms with E-state index in [-0.39, 0.29) is 18.0 Å². The second kappa shape index (κ2) is 4.89. The van der Waals surface area contributed by atoms with Gasteiger partial charge >= 0.3 is 0 Å². The molecule has 2 heterocycles. The van der Waals surface area contributed by atoms with Crippen molar-refractivity contribution in [3.05, 3.63) is 23.2 Å². The molecule has 1 unspecified atom stereocenters. The molecule has 2 N–H and O–H groups in total. The highest BCUT2D eigenvalue weighted by molar-refractivity contribution is 7.71. The van der Waals surface area contributed by atoms with Crippen molar-refractivity contribution in [1.82, 2.24) is 19.9 Å². The number of amides is 1. The Balaban J connectivity index is 2.44. The number of aromatic nitrogens is 3. The summed E-state index contributed by atoms with van der Waals surface area (Å²) in [6.45, 7) is 5.70. The van der Waals surface area contributed by atoms with Gasteiger partial charge < -0.3 is 14.9 Å². The van der Waals surface area contributed by atoms with Crippen LogP contribution in [0.2, 0.25) is 0 Å². The molecule has 0 saturated heterocycles. The predicted octanol–water partition coefficient (Wildman–Crippen LogP) is 2.18. The van der Waals surface area contributed by atoms with Crippen molar-refractivity contribution < 1.29 is 4.79 Å². The first kappa shape index (κ1) is 12.8. The molecule has 1 atom stereocenters. The molecule has 0 fully saturated rings. The minimum atomic E-state index is -0.351. The molecule has 96 valence electrons. The Morgan fingerprint density at radius 2 is 2.22 bits per heavy atom. The van der Waals surface area contributed by atoms with Gasteiger partial charge in [-0.25, -0.2) is 0 Å². The van der Waals surface area contributed by atoms with Gasteiger partial charge in [0.15, 0.2) is 4.77 Å². The van der Waals surface area contributed by atoms with Gasteiger partial charge in [0.25, 0.3) is 0 Å². The molecule has 6 heteroatoms. The van der Waals surface area contributed by atoms with Gasteiger partial charge in [0.2, 0.25) is 5.91 Å². The molecule has 0 radical (unpaired) electrons. The molecule has 18 heavy (non-hydrogen) atoms. The second-order valence-corrected chi connectivity index (χ2v) is 4.92. The first-order valence-corrected chi connectivity index (χ1v) is 6.26. The molecule has 0 aliphatic carbocycles. The van der Waals surface area contributed by atoms with Crippen LogP contribution in [-0.2, 0) is 4.79 Å². The van der Waals surface area contributed by atoms with Crippen LogP contribution in [0.15, 0.2) is 18.5 Å². The number of hydrogen-bond acceptors (Lipinski definition) is 3. The van der Waals surface area contributed by atoms with Crippen molar-refractivity contribution >= 4 is 29.2 Å². The zero-order chi connectivity index (χ0) is 13.3. The maximum absolute atomic E-state index is 12.0. The van der Waals surface area contributed by atoms with E-state index in [1.54, 1.807) is 12.4 Å². The lowest BCUT2D eigenvalue weighted by atomic mass is 10.2. The van der Waals surface area contributed by atoms with Crippen LogP contribution in [0.3, 0.4) is 0 Å². The van der Waals surface area contributed by atoms with E-state index in [2.05, 4.69) is 15.3 Å². The molecule has 0 bridgehead atoms. The maximum Gasteiger partial charge on any atom is 0.243 e. The van der Waals surface area contributed by atoms with Crippen LogP contribution in [0.25, 0.3) is 11.0 Å². The summed E-state index contributed by atoms with van der Waals surface area (Å²) in [5.74, 6) is -0.0428. The molecule has 0 saturated carbocycles. The highest BCUT2D eigenvalue weighted by Gasteiger charge is 2.18. The summed E-state index contributed by atoms with van der Waals surface area (Å²) in [6.07, 6.45) is 3.39. The van der Waals surface area contributed by atoms with Crippen LogP contribution in [0.5, 0.6) is 0 Å². The number of pyridine rings is 1. The van der Waals surface area contributed by atoms with Crippen molar-refractivity contribution in [1.29, 1.82) is 0 Å². The SMILES string of the molecule is CC(C)NC(=O)C(C)n1c(=S)[nH]c2cnccc21. The maximum atomic E-state index is 12.0. The highest BCUT2D eigenvalue weighted by atomic mass is 32.1. The summed E-state index contributed by atoms with van der Waals surface area (Å²) in [5.41, 5.74) is 1.73. The number of H-pyrrole nitrogens is 1. The Morgan fingerprint density at radius 1 is 1.50 bits per heavy atom. The molecule has 0 aliphatic heterocycles. The van der Waals surface area contributed by atoms with Crippen molar-refractivity contribution in [2.75, 3.05) is 0 Å². The molecule has 0 spiro atoms. The van der Waals surface area contributed by atoms with E-state index in [1.807, 2.05) is 31.4 Å². The number of rotatable bonds is 3. The van der Waals surface area contributed by atoms with Crippen LogP contribution in [0.4, 0.5) is 0 Å². The van der Waals surface area contributed by atoms with Crippen LogP contribution in [-0.4, -0.2) is 26.5 Å². The fourth-order valence-electron chi connectivity index (χ4n) is 1.89. The second-order valence-electron chi connectivity index (χ2n) is 4.53. The highest BCUT2D eigenvalue weighted by Crippen LogP contribution is 2.18. The Hall–Kier alpha value is -1.69. The normalized spacial score (nSPS) is 12.9. The van der Waals surface area contributed by atoms with Gasteiger partial charge in [-0.2, -0.15) is 0 Å². The topological polar surface area (TPSA) is 62.7 Å². The van der Waals surface area contributed by atoms with E-state index in [4.69, 9.17) is 12.2 Å². The third-order valence-electron chi connectivity index (χ3n) is 2.72. The number of aromatic amines is 1. The average molecular weight is 264 g/mol. The lowest BCUT2D eigenvalue weighted by molar-refractivity contribution is -0.124. The Labute approximate surface area is 110 Å². The van der Waals surface area contributed by atoms with Crippen LogP contribution < -0.4 is 5.32 Å². The lowest BCUT2D eigenvalue weighted by Crippen LogP contribution is -2.35. The monoisotopic (exact) mass is 264 g/mol. The van der Waals surface area contributed by atoms with Gasteiger partial charge in [-0.15, -0.1) is 0 Å².